The smallest absolute Gasteiger partial charge is 0.215 e. The van der Waals surface area contributed by atoms with Crippen LogP contribution in [0.15, 0.2) is 36.8 Å². The van der Waals surface area contributed by atoms with E-state index in [-0.39, 0.29) is 22.7 Å². The van der Waals surface area contributed by atoms with Crippen LogP contribution < -0.4 is 0 Å². The van der Waals surface area contributed by atoms with Gasteiger partial charge in [0.15, 0.2) is 0 Å². The molecule has 0 aliphatic rings. The number of carbonyl (C=O) groups is 1. The second-order valence-electron chi connectivity index (χ2n) is 4.75. The number of aromatic nitrogens is 5. The first kappa shape index (κ1) is 14.0. The Kier molecular flexibility index (Phi) is 3.46. The number of rotatable bonds is 3. The minimum atomic E-state index is -0.476. The minimum Gasteiger partial charge on any atom is -0.287 e. The molecular weight excluding hydrogens is 285 g/mol. The van der Waals surface area contributed by atoms with Gasteiger partial charge in [0.1, 0.15) is 11.5 Å². The maximum Gasteiger partial charge on any atom is 0.215 e. The van der Waals surface area contributed by atoms with Gasteiger partial charge in [-0.1, -0.05) is 0 Å². The lowest BCUT2D eigenvalue weighted by Gasteiger charge is -2.09. The number of aryl methyl sites for hydroxylation is 2. The van der Waals surface area contributed by atoms with Gasteiger partial charge in [-0.05, 0) is 26.0 Å². The lowest BCUT2D eigenvalue weighted by molar-refractivity contribution is 0.103. The van der Waals surface area contributed by atoms with Gasteiger partial charge in [-0.3, -0.25) is 9.78 Å². The summed E-state index contributed by atoms with van der Waals surface area (Å²) in [5.41, 5.74) is 1.91. The first-order valence-corrected chi connectivity index (χ1v) is 6.57. The van der Waals surface area contributed by atoms with Crippen LogP contribution in [0.1, 0.15) is 27.4 Å². The highest BCUT2D eigenvalue weighted by molar-refractivity contribution is 6.10. The average molecular weight is 297 g/mol. The second kappa shape index (κ2) is 5.44. The molecule has 0 aliphatic carbocycles. The lowest BCUT2D eigenvalue weighted by Crippen LogP contribution is -2.13. The van der Waals surface area contributed by atoms with E-state index in [9.17, 15) is 9.18 Å². The molecule has 0 amide bonds. The molecule has 7 heteroatoms. The predicted octanol–water partition coefficient (Wildman–Crippen LogP) is 2.04. The van der Waals surface area contributed by atoms with Crippen LogP contribution >= 0.6 is 0 Å². The van der Waals surface area contributed by atoms with Crippen LogP contribution in [0.4, 0.5) is 4.39 Å². The van der Waals surface area contributed by atoms with E-state index >= 15 is 0 Å². The molecule has 0 fully saturated rings. The van der Waals surface area contributed by atoms with Crippen LogP contribution in [0.3, 0.4) is 0 Å². The maximum absolute atomic E-state index is 13.5. The Morgan fingerprint density at radius 1 is 1.18 bits per heavy atom. The van der Waals surface area contributed by atoms with E-state index in [1.807, 2.05) is 0 Å². The van der Waals surface area contributed by atoms with Crippen molar-refractivity contribution in [3.8, 4) is 5.69 Å². The summed E-state index contributed by atoms with van der Waals surface area (Å²) < 4.78 is 13.5. The molecular formula is C15H12FN5O. The topological polar surface area (TPSA) is 73.6 Å². The van der Waals surface area contributed by atoms with Crippen LogP contribution in [0, 0.1) is 19.7 Å². The first-order chi connectivity index (χ1) is 10.6. The summed E-state index contributed by atoms with van der Waals surface area (Å²) in [6.45, 7) is 3.46. The number of ketones is 1. The van der Waals surface area contributed by atoms with Gasteiger partial charge in [-0.15, -0.1) is 0 Å². The largest absolute Gasteiger partial charge is 0.287 e. The Balaban J connectivity index is 2.16. The number of hydrogen-bond donors (Lipinski definition) is 0. The van der Waals surface area contributed by atoms with E-state index in [4.69, 9.17) is 0 Å². The fraction of sp³-hybridized carbons (Fsp3) is 0.133. The van der Waals surface area contributed by atoms with Crippen molar-refractivity contribution in [2.75, 3.05) is 0 Å². The molecule has 2 aromatic heterocycles. The van der Waals surface area contributed by atoms with Crippen molar-refractivity contribution in [1.29, 1.82) is 0 Å². The van der Waals surface area contributed by atoms with Gasteiger partial charge >= 0.3 is 0 Å². The maximum atomic E-state index is 13.5. The Bertz CT molecular complexity index is 845. The van der Waals surface area contributed by atoms with Crippen molar-refractivity contribution < 1.29 is 9.18 Å². The van der Waals surface area contributed by atoms with Crippen molar-refractivity contribution in [2.45, 2.75) is 13.8 Å². The van der Waals surface area contributed by atoms with Gasteiger partial charge in [0.05, 0.1) is 35.0 Å². The lowest BCUT2D eigenvalue weighted by atomic mass is 10.0. The molecule has 0 aliphatic heterocycles. The van der Waals surface area contributed by atoms with Gasteiger partial charge in [0.2, 0.25) is 5.78 Å². The SMILES string of the molecule is Cc1cnc(C)c(C(=O)c2ccc(F)cc2-n2nccn2)n1. The third kappa shape index (κ3) is 2.48. The van der Waals surface area contributed by atoms with E-state index in [1.54, 1.807) is 20.0 Å². The molecule has 0 atom stereocenters. The number of halogens is 1. The molecule has 1 aromatic carbocycles. The van der Waals surface area contributed by atoms with Gasteiger partial charge < -0.3 is 0 Å². The fourth-order valence-electron chi connectivity index (χ4n) is 2.08. The van der Waals surface area contributed by atoms with E-state index in [0.717, 1.165) is 0 Å². The number of benzene rings is 1. The van der Waals surface area contributed by atoms with Crippen LogP contribution in [-0.4, -0.2) is 30.7 Å². The summed E-state index contributed by atoms with van der Waals surface area (Å²) in [6.07, 6.45) is 4.50. The number of carbonyl (C=O) groups excluding carboxylic acids is 1. The van der Waals surface area contributed by atoms with Crippen LogP contribution in [0.2, 0.25) is 0 Å². The van der Waals surface area contributed by atoms with E-state index in [1.165, 1.54) is 35.4 Å². The highest BCUT2D eigenvalue weighted by Crippen LogP contribution is 2.19. The molecule has 0 spiro atoms. The molecule has 110 valence electrons. The first-order valence-electron chi connectivity index (χ1n) is 6.57. The van der Waals surface area contributed by atoms with Crippen LogP contribution in [-0.2, 0) is 0 Å². The minimum absolute atomic E-state index is 0.236. The zero-order valence-corrected chi connectivity index (χ0v) is 12.0. The summed E-state index contributed by atoms with van der Waals surface area (Å²) in [6, 6.07) is 3.84. The van der Waals surface area contributed by atoms with E-state index in [0.29, 0.717) is 11.4 Å². The Labute approximate surface area is 125 Å². The normalized spacial score (nSPS) is 10.7. The van der Waals surface area contributed by atoms with Crippen LogP contribution in [0.5, 0.6) is 0 Å². The molecule has 3 rings (SSSR count). The quantitative estimate of drug-likeness (QED) is 0.692. The average Bonchev–Trinajstić information content (AvgIpc) is 3.03. The van der Waals surface area contributed by atoms with Crippen LogP contribution in [0.25, 0.3) is 5.69 Å². The van der Waals surface area contributed by atoms with Gasteiger partial charge in [-0.2, -0.15) is 15.0 Å². The molecule has 2 heterocycles. The summed E-state index contributed by atoms with van der Waals surface area (Å²) >= 11 is 0. The molecule has 6 nitrogen and oxygen atoms in total. The van der Waals surface area contributed by atoms with Crippen molar-refractivity contribution in [3.05, 3.63) is 65.3 Å². The second-order valence-corrected chi connectivity index (χ2v) is 4.75. The Morgan fingerprint density at radius 2 is 1.91 bits per heavy atom. The van der Waals surface area contributed by atoms with E-state index < -0.39 is 5.82 Å². The molecule has 0 bridgehead atoms. The predicted molar refractivity (Wildman–Crippen MR) is 76.3 cm³/mol. The zero-order chi connectivity index (χ0) is 15.7. The van der Waals surface area contributed by atoms with Crippen molar-refractivity contribution >= 4 is 5.78 Å². The fourth-order valence-corrected chi connectivity index (χ4v) is 2.08. The highest BCUT2D eigenvalue weighted by atomic mass is 19.1. The molecule has 0 N–H and O–H groups in total. The summed E-state index contributed by atoms with van der Waals surface area (Å²) in [5, 5.41) is 7.91. The van der Waals surface area contributed by atoms with Crippen molar-refractivity contribution in [3.63, 3.8) is 0 Å². The molecule has 0 saturated heterocycles. The summed E-state index contributed by atoms with van der Waals surface area (Å²) in [7, 11) is 0. The molecule has 0 radical (unpaired) electrons. The Morgan fingerprint density at radius 3 is 2.64 bits per heavy atom. The third-order valence-electron chi connectivity index (χ3n) is 3.13. The number of nitrogens with zero attached hydrogens (tertiary/aromatic N) is 5. The molecule has 0 unspecified atom stereocenters. The Hall–Kier alpha value is -2.96. The molecule has 22 heavy (non-hydrogen) atoms. The summed E-state index contributed by atoms with van der Waals surface area (Å²) in [5.74, 6) is -0.822. The van der Waals surface area contributed by atoms with Crippen molar-refractivity contribution in [1.82, 2.24) is 25.0 Å². The van der Waals surface area contributed by atoms with Gasteiger partial charge in [0, 0.05) is 12.3 Å². The monoisotopic (exact) mass is 297 g/mol. The van der Waals surface area contributed by atoms with Gasteiger partial charge in [-0.25, -0.2) is 9.37 Å². The summed E-state index contributed by atoms with van der Waals surface area (Å²) in [4.78, 5) is 22.3. The van der Waals surface area contributed by atoms with Crippen molar-refractivity contribution in [2.24, 2.45) is 0 Å². The molecule has 3 aromatic rings. The highest BCUT2D eigenvalue weighted by Gasteiger charge is 2.20. The zero-order valence-electron chi connectivity index (χ0n) is 12.0. The van der Waals surface area contributed by atoms with E-state index in [2.05, 4.69) is 20.2 Å². The number of hydrogen-bond acceptors (Lipinski definition) is 5. The standard InChI is InChI=1S/C15H12FN5O/c1-9-8-17-10(2)14(20-9)15(22)12-4-3-11(16)7-13(12)21-18-5-6-19-21/h3-8H,1-2H3. The third-order valence-corrected chi connectivity index (χ3v) is 3.13. The van der Waals surface area contributed by atoms with Gasteiger partial charge in [0.25, 0.3) is 0 Å². The molecule has 0 saturated carbocycles.